The van der Waals surface area contributed by atoms with E-state index in [0.717, 1.165) is 17.9 Å². The van der Waals surface area contributed by atoms with Crippen LogP contribution in [-0.2, 0) is 0 Å². The third-order valence-electron chi connectivity index (χ3n) is 4.12. The number of nitrogens with two attached hydrogens (primary N) is 1. The molecular formula is C15H23FN2S. The van der Waals surface area contributed by atoms with E-state index in [-0.39, 0.29) is 11.9 Å². The normalized spacial score (nSPS) is 26.4. The maximum atomic E-state index is 13.4. The number of thioether (sulfide) groups is 1. The maximum absolute atomic E-state index is 13.4. The molecule has 2 rings (SSSR count). The molecule has 0 saturated carbocycles. The van der Waals surface area contributed by atoms with E-state index in [1.54, 1.807) is 6.07 Å². The largest absolute Gasteiger partial charge is 0.329 e. The lowest BCUT2D eigenvalue weighted by Crippen LogP contribution is -2.48. The van der Waals surface area contributed by atoms with Gasteiger partial charge in [-0.1, -0.05) is 19.1 Å². The van der Waals surface area contributed by atoms with Crippen LogP contribution < -0.4 is 5.73 Å². The smallest absolute Gasteiger partial charge is 0.126 e. The lowest BCUT2D eigenvalue weighted by molar-refractivity contribution is 0.150. The Balaban J connectivity index is 2.25. The summed E-state index contributed by atoms with van der Waals surface area (Å²) in [6, 6.07) is 6.06. The maximum Gasteiger partial charge on any atom is 0.126 e. The van der Waals surface area contributed by atoms with Crippen molar-refractivity contribution in [1.82, 2.24) is 4.90 Å². The first-order valence-electron chi connectivity index (χ1n) is 6.88. The summed E-state index contributed by atoms with van der Waals surface area (Å²) in [5.74, 6) is 0.998. The third-order valence-corrected chi connectivity index (χ3v) is 5.46. The Morgan fingerprint density at radius 3 is 2.84 bits per heavy atom. The van der Waals surface area contributed by atoms with Crippen molar-refractivity contribution in [2.75, 3.05) is 18.8 Å². The first kappa shape index (κ1) is 14.8. The summed E-state index contributed by atoms with van der Waals surface area (Å²) in [4.78, 5) is 2.47. The van der Waals surface area contributed by atoms with Gasteiger partial charge in [0.15, 0.2) is 0 Å². The molecule has 0 amide bonds. The Labute approximate surface area is 119 Å². The molecule has 19 heavy (non-hydrogen) atoms. The van der Waals surface area contributed by atoms with Crippen molar-refractivity contribution in [3.63, 3.8) is 0 Å². The van der Waals surface area contributed by atoms with Crippen molar-refractivity contribution >= 4 is 11.8 Å². The van der Waals surface area contributed by atoms with E-state index in [1.165, 1.54) is 0 Å². The van der Waals surface area contributed by atoms with E-state index < -0.39 is 0 Å². The Bertz CT molecular complexity index is 438. The van der Waals surface area contributed by atoms with Gasteiger partial charge in [0.25, 0.3) is 0 Å². The van der Waals surface area contributed by atoms with Gasteiger partial charge in [0.05, 0.1) is 0 Å². The van der Waals surface area contributed by atoms with E-state index in [2.05, 4.69) is 18.7 Å². The molecule has 1 heterocycles. The minimum Gasteiger partial charge on any atom is -0.329 e. The summed E-state index contributed by atoms with van der Waals surface area (Å²) in [6.07, 6.45) is 0. The van der Waals surface area contributed by atoms with Gasteiger partial charge in [0, 0.05) is 36.2 Å². The zero-order valence-electron chi connectivity index (χ0n) is 11.9. The van der Waals surface area contributed by atoms with E-state index in [1.807, 2.05) is 30.8 Å². The van der Waals surface area contributed by atoms with Crippen LogP contribution in [0.25, 0.3) is 0 Å². The summed E-state index contributed by atoms with van der Waals surface area (Å²) < 4.78 is 13.4. The van der Waals surface area contributed by atoms with Crippen LogP contribution >= 0.6 is 11.8 Å². The SMILES string of the molecule is Cc1cc(C(CN)N2CCSC(C)C2C)ccc1F. The number of rotatable bonds is 3. The average Bonchev–Trinajstić information content (AvgIpc) is 2.39. The van der Waals surface area contributed by atoms with Crippen LogP contribution in [0.15, 0.2) is 18.2 Å². The lowest BCUT2D eigenvalue weighted by Gasteiger charge is -2.42. The van der Waals surface area contributed by atoms with Crippen LogP contribution in [0.5, 0.6) is 0 Å². The molecule has 0 spiro atoms. The Morgan fingerprint density at radius 1 is 1.47 bits per heavy atom. The fourth-order valence-corrected chi connectivity index (χ4v) is 3.86. The van der Waals surface area contributed by atoms with Crippen molar-refractivity contribution in [3.8, 4) is 0 Å². The van der Waals surface area contributed by atoms with Crippen molar-refractivity contribution in [3.05, 3.63) is 35.1 Å². The molecule has 2 nitrogen and oxygen atoms in total. The van der Waals surface area contributed by atoms with Gasteiger partial charge in [-0.2, -0.15) is 11.8 Å². The minimum absolute atomic E-state index is 0.143. The number of hydrogen-bond donors (Lipinski definition) is 1. The van der Waals surface area contributed by atoms with Gasteiger partial charge < -0.3 is 5.73 Å². The zero-order valence-corrected chi connectivity index (χ0v) is 12.7. The van der Waals surface area contributed by atoms with Crippen LogP contribution in [0.4, 0.5) is 4.39 Å². The van der Waals surface area contributed by atoms with Crippen LogP contribution in [0, 0.1) is 12.7 Å². The second-order valence-electron chi connectivity index (χ2n) is 5.31. The summed E-state index contributed by atoms with van der Waals surface area (Å²) in [5.41, 5.74) is 7.82. The molecule has 0 bridgehead atoms. The van der Waals surface area contributed by atoms with E-state index in [9.17, 15) is 4.39 Å². The molecule has 1 aliphatic rings. The van der Waals surface area contributed by atoms with Crippen LogP contribution in [0.2, 0.25) is 0 Å². The molecule has 3 atom stereocenters. The van der Waals surface area contributed by atoms with Gasteiger partial charge in [-0.05, 0) is 31.0 Å². The van der Waals surface area contributed by atoms with Gasteiger partial charge in [-0.15, -0.1) is 0 Å². The molecule has 1 saturated heterocycles. The quantitative estimate of drug-likeness (QED) is 0.924. The topological polar surface area (TPSA) is 29.3 Å². The molecular weight excluding hydrogens is 259 g/mol. The third kappa shape index (κ3) is 3.12. The molecule has 4 heteroatoms. The Morgan fingerprint density at radius 2 is 2.21 bits per heavy atom. The van der Waals surface area contributed by atoms with Gasteiger partial charge in [0.2, 0.25) is 0 Å². The molecule has 106 valence electrons. The van der Waals surface area contributed by atoms with Crippen molar-refractivity contribution in [2.24, 2.45) is 5.73 Å². The number of nitrogens with zero attached hydrogens (tertiary/aromatic N) is 1. The highest BCUT2D eigenvalue weighted by atomic mass is 32.2. The lowest BCUT2D eigenvalue weighted by atomic mass is 10.0. The molecule has 0 aliphatic carbocycles. The van der Waals surface area contributed by atoms with Crippen molar-refractivity contribution in [2.45, 2.75) is 38.1 Å². The predicted octanol–water partition coefficient (Wildman–Crippen LogP) is 2.96. The summed E-state index contributed by atoms with van der Waals surface area (Å²) in [6.45, 7) is 7.96. The first-order chi connectivity index (χ1) is 9.04. The van der Waals surface area contributed by atoms with Gasteiger partial charge >= 0.3 is 0 Å². The predicted molar refractivity (Wildman–Crippen MR) is 81.0 cm³/mol. The molecule has 2 N–H and O–H groups in total. The number of hydrogen-bond acceptors (Lipinski definition) is 3. The first-order valence-corrected chi connectivity index (χ1v) is 7.93. The summed E-state index contributed by atoms with van der Waals surface area (Å²) in [5, 5.41) is 0.615. The van der Waals surface area contributed by atoms with Crippen molar-refractivity contribution in [1.29, 1.82) is 0 Å². The minimum atomic E-state index is -0.143. The summed E-state index contributed by atoms with van der Waals surface area (Å²) >= 11 is 2.02. The molecule has 1 aromatic carbocycles. The molecule has 0 aromatic heterocycles. The number of halogens is 1. The van der Waals surface area contributed by atoms with Gasteiger partial charge in [-0.25, -0.2) is 4.39 Å². The fourth-order valence-electron chi connectivity index (χ4n) is 2.73. The van der Waals surface area contributed by atoms with Gasteiger partial charge in [-0.3, -0.25) is 4.90 Å². The molecule has 1 fully saturated rings. The van der Waals surface area contributed by atoms with Crippen LogP contribution in [0.1, 0.15) is 31.0 Å². The molecule has 1 aromatic rings. The van der Waals surface area contributed by atoms with E-state index in [4.69, 9.17) is 5.73 Å². The molecule has 3 unspecified atom stereocenters. The number of aryl methyl sites for hydroxylation is 1. The Kier molecular flexibility index (Phi) is 4.87. The zero-order chi connectivity index (χ0) is 14.0. The Hall–Kier alpha value is -0.580. The second kappa shape index (κ2) is 6.25. The average molecular weight is 282 g/mol. The molecule has 0 radical (unpaired) electrons. The van der Waals surface area contributed by atoms with E-state index in [0.29, 0.717) is 23.4 Å². The number of benzene rings is 1. The van der Waals surface area contributed by atoms with E-state index >= 15 is 0 Å². The second-order valence-corrected chi connectivity index (χ2v) is 6.80. The standard InChI is InChI=1S/C15H23FN2S/c1-10-8-13(4-5-14(10)16)15(9-17)18-6-7-19-12(3)11(18)2/h4-5,8,11-12,15H,6-7,9,17H2,1-3H3. The van der Waals surface area contributed by atoms with Crippen molar-refractivity contribution < 1.29 is 4.39 Å². The highest BCUT2D eigenvalue weighted by molar-refractivity contribution is 8.00. The molecule has 1 aliphatic heterocycles. The van der Waals surface area contributed by atoms with Crippen LogP contribution in [0.3, 0.4) is 0 Å². The fraction of sp³-hybridized carbons (Fsp3) is 0.600. The highest BCUT2D eigenvalue weighted by Gasteiger charge is 2.30. The van der Waals surface area contributed by atoms with Crippen LogP contribution in [-0.4, -0.2) is 35.0 Å². The van der Waals surface area contributed by atoms with Gasteiger partial charge in [0.1, 0.15) is 5.82 Å². The monoisotopic (exact) mass is 282 g/mol. The summed E-state index contributed by atoms with van der Waals surface area (Å²) in [7, 11) is 0. The highest BCUT2D eigenvalue weighted by Crippen LogP contribution is 2.31.